The fourth-order valence-electron chi connectivity index (χ4n) is 4.41. The van der Waals surface area contributed by atoms with Gasteiger partial charge >= 0.3 is 0 Å². The fraction of sp³-hybridized carbons (Fsp3) is 0.462. The van der Waals surface area contributed by atoms with Crippen LogP contribution in [0.15, 0.2) is 42.5 Å². The Balaban J connectivity index is 2.09. The largest absolute Gasteiger partial charge is 0.497 e. The van der Waals surface area contributed by atoms with E-state index in [9.17, 15) is 9.59 Å². The third-order valence-corrected chi connectivity index (χ3v) is 6.24. The number of amides is 2. The van der Waals surface area contributed by atoms with Crippen molar-refractivity contribution in [1.82, 2.24) is 4.90 Å². The number of methoxy groups -OCH3 is 3. The molecule has 1 aliphatic heterocycles. The van der Waals surface area contributed by atoms with E-state index in [-0.39, 0.29) is 17.7 Å². The van der Waals surface area contributed by atoms with Crippen LogP contribution in [0.5, 0.6) is 17.2 Å². The van der Waals surface area contributed by atoms with Crippen molar-refractivity contribution in [2.24, 2.45) is 5.92 Å². The van der Waals surface area contributed by atoms with Crippen molar-refractivity contribution in [2.45, 2.75) is 38.6 Å². The molecule has 1 heterocycles. The van der Waals surface area contributed by atoms with Crippen molar-refractivity contribution in [3.05, 3.63) is 48.0 Å². The van der Waals surface area contributed by atoms with Gasteiger partial charge in [0, 0.05) is 25.7 Å². The summed E-state index contributed by atoms with van der Waals surface area (Å²) in [5.74, 6) is 1.53. The number of rotatable bonds is 9. The molecule has 0 N–H and O–H groups in total. The topological polar surface area (TPSA) is 68.3 Å². The summed E-state index contributed by atoms with van der Waals surface area (Å²) in [6.45, 7) is 2.80. The van der Waals surface area contributed by atoms with Crippen LogP contribution in [0.3, 0.4) is 0 Å². The van der Waals surface area contributed by atoms with Crippen LogP contribution in [0.4, 0.5) is 5.69 Å². The number of anilines is 1. The van der Waals surface area contributed by atoms with Crippen LogP contribution in [-0.2, 0) is 9.59 Å². The van der Waals surface area contributed by atoms with Crippen molar-refractivity contribution in [3.8, 4) is 17.2 Å². The zero-order valence-corrected chi connectivity index (χ0v) is 20.2. The summed E-state index contributed by atoms with van der Waals surface area (Å²) in [7, 11) is 6.61. The summed E-state index contributed by atoms with van der Waals surface area (Å²) in [6, 6.07) is 12.5. The normalized spacial score (nSPS) is 18.1. The van der Waals surface area contributed by atoms with Gasteiger partial charge in [-0.25, -0.2) is 0 Å². The highest BCUT2D eigenvalue weighted by molar-refractivity contribution is 5.97. The first-order valence-electron chi connectivity index (χ1n) is 11.4. The molecule has 2 aromatic carbocycles. The molecule has 178 valence electrons. The molecule has 0 aromatic heterocycles. The van der Waals surface area contributed by atoms with Gasteiger partial charge in [0.25, 0.3) is 0 Å². The Bertz CT molecular complexity index is 960. The molecule has 1 saturated heterocycles. The molecule has 0 unspecified atom stereocenters. The molecular weight excluding hydrogens is 420 g/mol. The lowest BCUT2D eigenvalue weighted by Gasteiger charge is -2.42. The number of unbranched alkanes of at least 4 members (excludes halogenated alkanes) is 1. The van der Waals surface area contributed by atoms with E-state index in [1.165, 1.54) is 0 Å². The highest BCUT2D eigenvalue weighted by atomic mass is 16.5. The molecule has 33 heavy (non-hydrogen) atoms. The van der Waals surface area contributed by atoms with Gasteiger partial charge < -0.3 is 24.0 Å². The fourth-order valence-corrected chi connectivity index (χ4v) is 4.41. The van der Waals surface area contributed by atoms with Crippen LogP contribution in [0.25, 0.3) is 0 Å². The number of benzene rings is 2. The molecule has 2 aromatic rings. The average Bonchev–Trinajstić information content (AvgIpc) is 2.86. The van der Waals surface area contributed by atoms with E-state index in [2.05, 4.69) is 6.92 Å². The summed E-state index contributed by atoms with van der Waals surface area (Å²) >= 11 is 0. The van der Waals surface area contributed by atoms with Crippen LogP contribution in [0.1, 0.15) is 44.2 Å². The number of ether oxygens (including phenoxy) is 3. The maximum atomic E-state index is 13.6. The molecule has 2 amide bonds. The van der Waals surface area contributed by atoms with Crippen LogP contribution in [0, 0.1) is 5.92 Å². The molecule has 7 nitrogen and oxygen atoms in total. The lowest BCUT2D eigenvalue weighted by Crippen LogP contribution is -2.48. The van der Waals surface area contributed by atoms with Gasteiger partial charge in [-0.2, -0.15) is 0 Å². The van der Waals surface area contributed by atoms with E-state index >= 15 is 0 Å². The van der Waals surface area contributed by atoms with Crippen molar-refractivity contribution in [3.63, 3.8) is 0 Å². The van der Waals surface area contributed by atoms with Gasteiger partial charge in [0.15, 0.2) is 11.5 Å². The molecular formula is C26H34N2O5. The highest BCUT2D eigenvalue weighted by Gasteiger charge is 2.42. The minimum Gasteiger partial charge on any atom is -0.497 e. The first kappa shape index (κ1) is 24.4. The molecule has 0 spiro atoms. The van der Waals surface area contributed by atoms with Crippen molar-refractivity contribution in [1.29, 1.82) is 0 Å². The zero-order valence-electron chi connectivity index (χ0n) is 20.2. The van der Waals surface area contributed by atoms with Gasteiger partial charge in [0.2, 0.25) is 11.8 Å². The third-order valence-electron chi connectivity index (χ3n) is 6.24. The molecule has 1 fully saturated rings. The molecule has 3 rings (SSSR count). The lowest BCUT2D eigenvalue weighted by molar-refractivity contribution is -0.137. The van der Waals surface area contributed by atoms with Gasteiger partial charge in [-0.3, -0.25) is 9.59 Å². The number of hydrogen-bond donors (Lipinski definition) is 0. The maximum Gasteiger partial charge on any atom is 0.227 e. The monoisotopic (exact) mass is 454 g/mol. The Morgan fingerprint density at radius 3 is 2.33 bits per heavy atom. The number of carbonyl (C=O) groups is 2. The number of carbonyl (C=O) groups excluding carboxylic acids is 2. The minimum atomic E-state index is -0.462. The third kappa shape index (κ3) is 5.24. The second kappa shape index (κ2) is 11.1. The van der Waals surface area contributed by atoms with E-state index in [0.29, 0.717) is 36.6 Å². The Labute approximate surface area is 196 Å². The number of piperidine rings is 1. The van der Waals surface area contributed by atoms with Crippen LogP contribution in [-0.4, -0.2) is 51.6 Å². The van der Waals surface area contributed by atoms with Gasteiger partial charge in [0.05, 0.1) is 33.3 Å². The Kier molecular flexibility index (Phi) is 8.20. The van der Waals surface area contributed by atoms with Crippen molar-refractivity contribution >= 4 is 17.5 Å². The predicted molar refractivity (Wildman–Crippen MR) is 128 cm³/mol. The van der Waals surface area contributed by atoms with Crippen molar-refractivity contribution in [2.75, 3.05) is 39.8 Å². The first-order chi connectivity index (χ1) is 15.9. The molecule has 7 heteroatoms. The standard InChI is InChI=1S/C26H34N2O5/c1-6-7-16-27(2)26(30)21-13-15-24(29)28(19-9-11-20(31-3)12-10-19)25(21)18-8-14-22(32-4)23(17-18)33-5/h8-12,14,17,21,25H,6-7,13,15-16H2,1-5H3/t21-,25+/m1/s1. The maximum absolute atomic E-state index is 13.6. The van der Waals surface area contributed by atoms with Gasteiger partial charge in [-0.15, -0.1) is 0 Å². The average molecular weight is 455 g/mol. The molecule has 0 saturated carbocycles. The Hall–Kier alpha value is -3.22. The van der Waals surface area contributed by atoms with E-state index < -0.39 is 6.04 Å². The summed E-state index contributed by atoms with van der Waals surface area (Å²) in [5.41, 5.74) is 1.56. The van der Waals surface area contributed by atoms with E-state index in [4.69, 9.17) is 14.2 Å². The Morgan fingerprint density at radius 2 is 1.73 bits per heavy atom. The quantitative estimate of drug-likeness (QED) is 0.560. The minimum absolute atomic E-state index is 0.0137. The first-order valence-corrected chi connectivity index (χ1v) is 11.4. The van der Waals surface area contributed by atoms with Crippen LogP contribution < -0.4 is 19.1 Å². The number of hydrogen-bond acceptors (Lipinski definition) is 5. The highest BCUT2D eigenvalue weighted by Crippen LogP contribution is 2.43. The second-order valence-corrected chi connectivity index (χ2v) is 8.28. The van der Waals surface area contributed by atoms with E-state index in [1.54, 1.807) is 31.1 Å². The molecule has 2 atom stereocenters. The van der Waals surface area contributed by atoms with Crippen LogP contribution in [0.2, 0.25) is 0 Å². The second-order valence-electron chi connectivity index (χ2n) is 8.28. The SMILES string of the molecule is CCCCN(C)C(=O)[C@@H]1CCC(=O)N(c2ccc(OC)cc2)[C@H]1c1ccc(OC)c(OC)c1. The van der Waals surface area contributed by atoms with Gasteiger partial charge in [0.1, 0.15) is 5.75 Å². The predicted octanol–water partition coefficient (Wildman–Crippen LogP) is 4.46. The number of nitrogens with zero attached hydrogens (tertiary/aromatic N) is 2. The molecule has 0 radical (unpaired) electrons. The molecule has 0 aliphatic carbocycles. The smallest absolute Gasteiger partial charge is 0.227 e. The summed E-state index contributed by atoms with van der Waals surface area (Å²) in [5, 5.41) is 0. The van der Waals surface area contributed by atoms with E-state index in [0.717, 1.165) is 24.1 Å². The molecule has 0 bridgehead atoms. The lowest BCUT2D eigenvalue weighted by atomic mass is 9.82. The van der Waals surface area contributed by atoms with Gasteiger partial charge in [-0.05, 0) is 54.8 Å². The Morgan fingerprint density at radius 1 is 1.03 bits per heavy atom. The molecule has 1 aliphatic rings. The van der Waals surface area contributed by atoms with Crippen LogP contribution >= 0.6 is 0 Å². The van der Waals surface area contributed by atoms with E-state index in [1.807, 2.05) is 49.5 Å². The summed E-state index contributed by atoms with van der Waals surface area (Å²) in [6.07, 6.45) is 2.77. The van der Waals surface area contributed by atoms with Crippen molar-refractivity contribution < 1.29 is 23.8 Å². The zero-order chi connectivity index (χ0) is 24.0. The summed E-state index contributed by atoms with van der Waals surface area (Å²) in [4.78, 5) is 30.3. The van der Waals surface area contributed by atoms with Gasteiger partial charge in [-0.1, -0.05) is 19.4 Å². The summed E-state index contributed by atoms with van der Waals surface area (Å²) < 4.78 is 16.2.